The SMILES string of the molecule is O=C(N/N=C/c1ccccc1)c1ccc(NC(=O)c2ccccn2)cc1. The lowest BCUT2D eigenvalue weighted by molar-refractivity contribution is 0.0954. The highest BCUT2D eigenvalue weighted by Gasteiger charge is 2.08. The number of hydrogen-bond acceptors (Lipinski definition) is 4. The minimum Gasteiger partial charge on any atom is -0.321 e. The molecule has 0 aliphatic carbocycles. The van der Waals surface area contributed by atoms with E-state index in [0.29, 0.717) is 16.9 Å². The molecule has 3 rings (SSSR count). The molecular formula is C20H16N4O2. The van der Waals surface area contributed by atoms with Crippen molar-refractivity contribution in [2.45, 2.75) is 0 Å². The Labute approximate surface area is 150 Å². The number of nitrogens with zero attached hydrogens (tertiary/aromatic N) is 2. The van der Waals surface area contributed by atoms with Crippen LogP contribution in [0, 0.1) is 0 Å². The van der Waals surface area contributed by atoms with Gasteiger partial charge in [-0.1, -0.05) is 36.4 Å². The van der Waals surface area contributed by atoms with Crippen molar-refractivity contribution in [2.24, 2.45) is 5.10 Å². The maximum Gasteiger partial charge on any atom is 0.274 e. The van der Waals surface area contributed by atoms with Crippen molar-refractivity contribution in [3.05, 3.63) is 95.8 Å². The number of benzene rings is 2. The summed E-state index contributed by atoms with van der Waals surface area (Å²) in [4.78, 5) is 28.1. The third-order valence-corrected chi connectivity index (χ3v) is 3.48. The summed E-state index contributed by atoms with van der Waals surface area (Å²) in [7, 11) is 0. The van der Waals surface area contributed by atoms with Gasteiger partial charge in [-0.15, -0.1) is 0 Å². The molecule has 2 N–H and O–H groups in total. The summed E-state index contributed by atoms with van der Waals surface area (Å²) < 4.78 is 0. The molecule has 6 heteroatoms. The van der Waals surface area contributed by atoms with Gasteiger partial charge in [0, 0.05) is 17.4 Å². The van der Waals surface area contributed by atoms with Gasteiger partial charge in [-0.05, 0) is 42.0 Å². The van der Waals surface area contributed by atoms with Crippen LogP contribution >= 0.6 is 0 Å². The van der Waals surface area contributed by atoms with Crippen molar-refractivity contribution in [1.82, 2.24) is 10.4 Å². The minimum atomic E-state index is -0.334. The third kappa shape index (κ3) is 4.61. The van der Waals surface area contributed by atoms with Crippen LogP contribution in [0.4, 0.5) is 5.69 Å². The van der Waals surface area contributed by atoms with E-state index in [1.165, 1.54) is 0 Å². The van der Waals surface area contributed by atoms with E-state index in [0.717, 1.165) is 5.56 Å². The molecule has 1 aromatic heterocycles. The summed E-state index contributed by atoms with van der Waals surface area (Å²) in [6, 6.07) is 21.1. The summed E-state index contributed by atoms with van der Waals surface area (Å²) in [5.41, 5.74) is 4.69. The number of carbonyl (C=O) groups excluding carboxylic acids is 2. The molecule has 0 unspecified atom stereocenters. The molecule has 26 heavy (non-hydrogen) atoms. The highest BCUT2D eigenvalue weighted by atomic mass is 16.2. The Morgan fingerprint density at radius 3 is 2.27 bits per heavy atom. The molecule has 3 aromatic rings. The maximum absolute atomic E-state index is 12.1. The molecule has 2 aromatic carbocycles. The average Bonchev–Trinajstić information content (AvgIpc) is 2.70. The molecule has 128 valence electrons. The molecule has 0 fully saturated rings. The molecule has 0 aliphatic heterocycles. The van der Waals surface area contributed by atoms with E-state index >= 15 is 0 Å². The zero-order chi connectivity index (χ0) is 18.2. The van der Waals surface area contributed by atoms with E-state index in [2.05, 4.69) is 20.8 Å². The molecule has 1 heterocycles. The topological polar surface area (TPSA) is 83.5 Å². The van der Waals surface area contributed by atoms with Gasteiger partial charge in [0.2, 0.25) is 0 Å². The fraction of sp³-hybridized carbons (Fsp3) is 0. The molecule has 0 bridgehead atoms. The Hall–Kier alpha value is -3.80. The quantitative estimate of drug-likeness (QED) is 0.551. The second-order valence-corrected chi connectivity index (χ2v) is 5.36. The smallest absolute Gasteiger partial charge is 0.274 e. The van der Waals surface area contributed by atoms with Crippen LogP contribution in [0.25, 0.3) is 0 Å². The Morgan fingerprint density at radius 1 is 0.846 bits per heavy atom. The van der Waals surface area contributed by atoms with E-state index in [9.17, 15) is 9.59 Å². The summed E-state index contributed by atoms with van der Waals surface area (Å²) in [5.74, 6) is -0.643. The van der Waals surface area contributed by atoms with Crippen molar-refractivity contribution in [3.8, 4) is 0 Å². The second-order valence-electron chi connectivity index (χ2n) is 5.36. The summed E-state index contributed by atoms with van der Waals surface area (Å²) in [6.07, 6.45) is 3.12. The van der Waals surface area contributed by atoms with Gasteiger partial charge in [-0.2, -0.15) is 5.10 Å². The Morgan fingerprint density at radius 2 is 1.58 bits per heavy atom. The number of pyridine rings is 1. The van der Waals surface area contributed by atoms with Gasteiger partial charge in [0.1, 0.15) is 5.69 Å². The van der Waals surface area contributed by atoms with E-state index in [-0.39, 0.29) is 11.8 Å². The van der Waals surface area contributed by atoms with Crippen LogP contribution < -0.4 is 10.7 Å². The number of carbonyl (C=O) groups is 2. The van der Waals surface area contributed by atoms with Crippen LogP contribution in [-0.4, -0.2) is 23.0 Å². The van der Waals surface area contributed by atoms with Crippen LogP contribution in [-0.2, 0) is 0 Å². The van der Waals surface area contributed by atoms with Gasteiger partial charge in [-0.25, -0.2) is 5.43 Å². The third-order valence-electron chi connectivity index (χ3n) is 3.48. The van der Waals surface area contributed by atoms with Gasteiger partial charge in [0.15, 0.2) is 0 Å². The monoisotopic (exact) mass is 344 g/mol. The zero-order valence-corrected chi connectivity index (χ0v) is 13.8. The van der Waals surface area contributed by atoms with E-state index in [4.69, 9.17) is 0 Å². The van der Waals surface area contributed by atoms with Gasteiger partial charge < -0.3 is 5.32 Å². The van der Waals surface area contributed by atoms with Gasteiger partial charge in [0.25, 0.3) is 11.8 Å². The van der Waals surface area contributed by atoms with Gasteiger partial charge in [0.05, 0.1) is 6.21 Å². The van der Waals surface area contributed by atoms with E-state index in [1.807, 2.05) is 30.3 Å². The summed E-state index contributed by atoms with van der Waals surface area (Å²) in [5, 5.41) is 6.65. The lowest BCUT2D eigenvalue weighted by atomic mass is 10.2. The van der Waals surface area contributed by atoms with Crippen molar-refractivity contribution in [3.63, 3.8) is 0 Å². The fourth-order valence-corrected chi connectivity index (χ4v) is 2.17. The number of amides is 2. The molecule has 0 radical (unpaired) electrons. The predicted octanol–water partition coefficient (Wildman–Crippen LogP) is 3.10. The fourth-order valence-electron chi connectivity index (χ4n) is 2.17. The predicted molar refractivity (Wildman–Crippen MR) is 100 cm³/mol. The van der Waals surface area contributed by atoms with Crippen molar-refractivity contribution in [1.29, 1.82) is 0 Å². The number of nitrogens with one attached hydrogen (secondary N) is 2. The molecular weight excluding hydrogens is 328 g/mol. The number of hydrazone groups is 1. The van der Waals surface area contributed by atoms with E-state index < -0.39 is 0 Å². The standard InChI is InChI=1S/C20H16N4O2/c25-19(24-22-14-15-6-2-1-3-7-15)16-9-11-17(12-10-16)23-20(26)18-8-4-5-13-21-18/h1-14H,(H,23,26)(H,24,25)/b22-14+. The minimum absolute atomic E-state index is 0.310. The highest BCUT2D eigenvalue weighted by molar-refractivity contribution is 6.03. The maximum atomic E-state index is 12.1. The van der Waals surface area contributed by atoms with Crippen molar-refractivity contribution >= 4 is 23.7 Å². The number of aromatic nitrogens is 1. The Kier molecular flexibility index (Phi) is 5.47. The first-order chi connectivity index (χ1) is 12.7. The molecule has 0 atom stereocenters. The first-order valence-electron chi connectivity index (χ1n) is 7.93. The summed E-state index contributed by atoms with van der Waals surface area (Å²) in [6.45, 7) is 0. The Bertz CT molecular complexity index is 908. The van der Waals surface area contributed by atoms with Crippen LogP contribution in [0.1, 0.15) is 26.4 Å². The second kappa shape index (κ2) is 8.34. The number of rotatable bonds is 5. The zero-order valence-electron chi connectivity index (χ0n) is 13.8. The lowest BCUT2D eigenvalue weighted by Crippen LogP contribution is -2.18. The van der Waals surface area contributed by atoms with Crippen LogP contribution in [0.5, 0.6) is 0 Å². The largest absolute Gasteiger partial charge is 0.321 e. The molecule has 0 saturated heterocycles. The number of anilines is 1. The van der Waals surface area contributed by atoms with Crippen molar-refractivity contribution in [2.75, 3.05) is 5.32 Å². The molecule has 6 nitrogen and oxygen atoms in total. The average molecular weight is 344 g/mol. The first-order valence-corrected chi connectivity index (χ1v) is 7.93. The van der Waals surface area contributed by atoms with Gasteiger partial charge >= 0.3 is 0 Å². The molecule has 2 amide bonds. The Balaban J connectivity index is 1.57. The highest BCUT2D eigenvalue weighted by Crippen LogP contribution is 2.11. The lowest BCUT2D eigenvalue weighted by Gasteiger charge is -2.05. The van der Waals surface area contributed by atoms with Crippen LogP contribution in [0.15, 0.2) is 84.1 Å². The molecule has 0 spiro atoms. The normalized spacial score (nSPS) is 10.5. The number of hydrogen-bond donors (Lipinski definition) is 2. The summed E-state index contributed by atoms with van der Waals surface area (Å²) >= 11 is 0. The van der Waals surface area contributed by atoms with Crippen LogP contribution in [0.3, 0.4) is 0 Å². The molecule has 0 aliphatic rings. The first kappa shape index (κ1) is 17.0. The van der Waals surface area contributed by atoms with E-state index in [1.54, 1.807) is 54.9 Å². The molecule has 0 saturated carbocycles. The van der Waals surface area contributed by atoms with Crippen LogP contribution in [0.2, 0.25) is 0 Å². The van der Waals surface area contributed by atoms with Crippen molar-refractivity contribution < 1.29 is 9.59 Å². The van der Waals surface area contributed by atoms with Gasteiger partial charge in [-0.3, -0.25) is 14.6 Å².